The summed E-state index contributed by atoms with van der Waals surface area (Å²) in [4.78, 5) is 4.31. The van der Waals surface area contributed by atoms with Gasteiger partial charge in [0.05, 0.1) is 0 Å². The molecule has 0 saturated heterocycles. The predicted molar refractivity (Wildman–Crippen MR) is 68.4 cm³/mol. The molecule has 0 spiro atoms. The minimum atomic E-state index is 0.607. The van der Waals surface area contributed by atoms with E-state index in [1.165, 1.54) is 12.8 Å². The van der Waals surface area contributed by atoms with Gasteiger partial charge in [-0.2, -0.15) is 0 Å². The smallest absolute Gasteiger partial charge is 0.109 e. The van der Waals surface area contributed by atoms with Gasteiger partial charge in [0, 0.05) is 38.4 Å². The number of aromatic nitrogens is 2. The number of imidazole rings is 1. The van der Waals surface area contributed by atoms with Crippen LogP contribution in [0.5, 0.6) is 0 Å². The number of rotatable bonds is 7. The summed E-state index contributed by atoms with van der Waals surface area (Å²) in [5.74, 6) is 1.97. The van der Waals surface area contributed by atoms with Gasteiger partial charge in [-0.25, -0.2) is 4.98 Å². The highest BCUT2D eigenvalue weighted by molar-refractivity contribution is 4.91. The standard InChI is InChI=1S/C13H25N3/c1-5-11(2)10-12(3)14-7-6-13-15-8-9-16(13)4/h8-9,11-12,14H,5-7,10H2,1-4H3. The Morgan fingerprint density at radius 1 is 1.44 bits per heavy atom. The summed E-state index contributed by atoms with van der Waals surface area (Å²) in [5, 5.41) is 3.56. The fourth-order valence-electron chi connectivity index (χ4n) is 1.92. The fourth-order valence-corrected chi connectivity index (χ4v) is 1.92. The topological polar surface area (TPSA) is 29.9 Å². The van der Waals surface area contributed by atoms with E-state index in [2.05, 4.69) is 35.6 Å². The van der Waals surface area contributed by atoms with E-state index < -0.39 is 0 Å². The third-order valence-corrected chi connectivity index (χ3v) is 3.22. The Hall–Kier alpha value is -0.830. The molecule has 2 unspecified atom stereocenters. The van der Waals surface area contributed by atoms with Gasteiger partial charge in [0.2, 0.25) is 0 Å². The summed E-state index contributed by atoms with van der Waals surface area (Å²) in [6, 6.07) is 0.607. The van der Waals surface area contributed by atoms with Crippen LogP contribution in [0.2, 0.25) is 0 Å². The van der Waals surface area contributed by atoms with Crippen LogP contribution in [0.1, 0.15) is 39.4 Å². The lowest BCUT2D eigenvalue weighted by atomic mass is 10.0. The zero-order valence-corrected chi connectivity index (χ0v) is 11.0. The van der Waals surface area contributed by atoms with Crippen molar-refractivity contribution in [1.29, 1.82) is 0 Å². The first-order chi connectivity index (χ1) is 7.63. The second kappa shape index (κ2) is 6.69. The molecule has 1 heterocycles. The van der Waals surface area contributed by atoms with Crippen molar-refractivity contribution in [3.05, 3.63) is 18.2 Å². The van der Waals surface area contributed by atoms with Crippen molar-refractivity contribution in [2.45, 2.75) is 46.1 Å². The van der Waals surface area contributed by atoms with Crippen LogP contribution in [-0.4, -0.2) is 22.1 Å². The summed E-state index contributed by atoms with van der Waals surface area (Å²) in [5.41, 5.74) is 0. The van der Waals surface area contributed by atoms with Gasteiger partial charge in [-0.15, -0.1) is 0 Å². The molecule has 16 heavy (non-hydrogen) atoms. The van der Waals surface area contributed by atoms with E-state index in [9.17, 15) is 0 Å². The van der Waals surface area contributed by atoms with Crippen LogP contribution < -0.4 is 5.32 Å². The van der Waals surface area contributed by atoms with Gasteiger partial charge in [-0.05, 0) is 19.3 Å². The Bertz CT molecular complexity index is 293. The molecule has 1 N–H and O–H groups in total. The lowest BCUT2D eigenvalue weighted by Crippen LogP contribution is -2.30. The molecule has 1 rings (SSSR count). The first-order valence-electron chi connectivity index (χ1n) is 6.33. The largest absolute Gasteiger partial charge is 0.338 e. The van der Waals surface area contributed by atoms with Crippen LogP contribution in [0, 0.1) is 5.92 Å². The molecular weight excluding hydrogens is 198 g/mol. The molecule has 1 aromatic heterocycles. The molecule has 0 aliphatic heterocycles. The van der Waals surface area contributed by atoms with Crippen molar-refractivity contribution in [2.75, 3.05) is 6.54 Å². The Labute approximate surface area is 99.3 Å². The zero-order valence-electron chi connectivity index (χ0n) is 11.0. The van der Waals surface area contributed by atoms with Crippen molar-refractivity contribution in [3.63, 3.8) is 0 Å². The number of aryl methyl sites for hydroxylation is 1. The van der Waals surface area contributed by atoms with E-state index in [-0.39, 0.29) is 0 Å². The van der Waals surface area contributed by atoms with Crippen LogP contribution in [0.25, 0.3) is 0 Å². The van der Waals surface area contributed by atoms with Crippen molar-refractivity contribution in [1.82, 2.24) is 14.9 Å². The molecule has 3 nitrogen and oxygen atoms in total. The maximum atomic E-state index is 4.31. The van der Waals surface area contributed by atoms with E-state index >= 15 is 0 Å². The minimum Gasteiger partial charge on any atom is -0.338 e. The number of hydrogen-bond donors (Lipinski definition) is 1. The van der Waals surface area contributed by atoms with Gasteiger partial charge in [0.25, 0.3) is 0 Å². The number of hydrogen-bond acceptors (Lipinski definition) is 2. The monoisotopic (exact) mass is 223 g/mol. The molecule has 0 aromatic carbocycles. The van der Waals surface area contributed by atoms with E-state index in [0.29, 0.717) is 6.04 Å². The summed E-state index contributed by atoms with van der Waals surface area (Å²) in [7, 11) is 2.05. The lowest BCUT2D eigenvalue weighted by molar-refractivity contribution is 0.413. The summed E-state index contributed by atoms with van der Waals surface area (Å²) in [6.07, 6.45) is 7.40. The third kappa shape index (κ3) is 4.35. The SMILES string of the molecule is CCC(C)CC(C)NCCc1nccn1C. The molecule has 0 radical (unpaired) electrons. The molecule has 0 aliphatic rings. The first-order valence-corrected chi connectivity index (χ1v) is 6.33. The highest BCUT2D eigenvalue weighted by atomic mass is 15.0. The molecular formula is C13H25N3. The summed E-state index contributed by atoms with van der Waals surface area (Å²) < 4.78 is 2.08. The Kier molecular flexibility index (Phi) is 5.53. The second-order valence-electron chi connectivity index (χ2n) is 4.81. The Morgan fingerprint density at radius 2 is 2.19 bits per heavy atom. The molecule has 3 heteroatoms. The third-order valence-electron chi connectivity index (χ3n) is 3.22. The van der Waals surface area contributed by atoms with Gasteiger partial charge in [-0.3, -0.25) is 0 Å². The van der Waals surface area contributed by atoms with Gasteiger partial charge >= 0.3 is 0 Å². The highest BCUT2D eigenvalue weighted by Gasteiger charge is 2.06. The molecule has 92 valence electrons. The molecule has 0 saturated carbocycles. The van der Waals surface area contributed by atoms with Crippen molar-refractivity contribution in [3.8, 4) is 0 Å². The molecule has 0 amide bonds. The highest BCUT2D eigenvalue weighted by Crippen LogP contribution is 2.09. The lowest BCUT2D eigenvalue weighted by Gasteiger charge is -2.17. The van der Waals surface area contributed by atoms with Gasteiger partial charge in [-0.1, -0.05) is 20.3 Å². The molecule has 2 atom stereocenters. The summed E-state index contributed by atoms with van der Waals surface area (Å²) in [6.45, 7) is 7.86. The van der Waals surface area contributed by atoms with E-state index in [4.69, 9.17) is 0 Å². The van der Waals surface area contributed by atoms with E-state index in [1.807, 2.05) is 19.4 Å². The maximum absolute atomic E-state index is 4.31. The van der Waals surface area contributed by atoms with Crippen LogP contribution in [0.3, 0.4) is 0 Å². The van der Waals surface area contributed by atoms with Crippen LogP contribution in [0.15, 0.2) is 12.4 Å². The molecule has 1 aromatic rings. The predicted octanol–water partition coefficient (Wildman–Crippen LogP) is 2.38. The van der Waals surface area contributed by atoms with Gasteiger partial charge in [0.15, 0.2) is 0 Å². The van der Waals surface area contributed by atoms with Crippen molar-refractivity contribution < 1.29 is 0 Å². The Morgan fingerprint density at radius 3 is 2.75 bits per heavy atom. The van der Waals surface area contributed by atoms with E-state index in [0.717, 1.165) is 24.7 Å². The van der Waals surface area contributed by atoms with Crippen LogP contribution in [0.4, 0.5) is 0 Å². The molecule has 0 fully saturated rings. The van der Waals surface area contributed by atoms with Gasteiger partial charge < -0.3 is 9.88 Å². The average Bonchev–Trinajstić information content (AvgIpc) is 2.64. The number of nitrogens with zero attached hydrogens (tertiary/aromatic N) is 2. The second-order valence-corrected chi connectivity index (χ2v) is 4.81. The molecule has 0 aliphatic carbocycles. The number of nitrogens with one attached hydrogen (secondary N) is 1. The maximum Gasteiger partial charge on any atom is 0.109 e. The summed E-state index contributed by atoms with van der Waals surface area (Å²) >= 11 is 0. The van der Waals surface area contributed by atoms with Crippen LogP contribution in [-0.2, 0) is 13.5 Å². The molecule has 0 bridgehead atoms. The fraction of sp³-hybridized carbons (Fsp3) is 0.769. The van der Waals surface area contributed by atoms with Gasteiger partial charge in [0.1, 0.15) is 5.82 Å². The minimum absolute atomic E-state index is 0.607. The normalized spacial score (nSPS) is 15.0. The van der Waals surface area contributed by atoms with E-state index in [1.54, 1.807) is 0 Å². The quantitative estimate of drug-likeness (QED) is 0.769. The first kappa shape index (κ1) is 13.2. The Balaban J connectivity index is 2.18. The van der Waals surface area contributed by atoms with Crippen LogP contribution >= 0.6 is 0 Å². The van der Waals surface area contributed by atoms with Crippen molar-refractivity contribution in [2.24, 2.45) is 13.0 Å². The average molecular weight is 223 g/mol. The zero-order chi connectivity index (χ0) is 12.0. The van der Waals surface area contributed by atoms with Crippen molar-refractivity contribution >= 4 is 0 Å².